The van der Waals surface area contributed by atoms with Crippen molar-refractivity contribution in [2.45, 2.75) is 103 Å². The van der Waals surface area contributed by atoms with Crippen LogP contribution < -0.4 is 5.32 Å². The first kappa shape index (κ1) is 31.4. The van der Waals surface area contributed by atoms with Crippen LogP contribution in [0.4, 0.5) is 10.5 Å². The van der Waals surface area contributed by atoms with Gasteiger partial charge in [0.15, 0.2) is 0 Å². The van der Waals surface area contributed by atoms with Gasteiger partial charge in [0, 0.05) is 17.0 Å². The van der Waals surface area contributed by atoms with Crippen molar-refractivity contribution < 1.29 is 29.3 Å². The summed E-state index contributed by atoms with van der Waals surface area (Å²) in [4.78, 5) is 26.8. The van der Waals surface area contributed by atoms with Crippen LogP contribution in [0, 0.1) is 12.8 Å². The molecule has 218 valence electrons. The van der Waals surface area contributed by atoms with E-state index < -0.39 is 23.3 Å². The van der Waals surface area contributed by atoms with E-state index in [0.717, 1.165) is 21.6 Å². The van der Waals surface area contributed by atoms with Crippen LogP contribution in [0.5, 0.6) is 5.75 Å². The number of hydrogen-bond acceptors (Lipinski definition) is 7. The Labute approximate surface area is 242 Å². The van der Waals surface area contributed by atoms with Gasteiger partial charge in [-0.1, -0.05) is 58.5 Å². The Kier molecular flexibility index (Phi) is 9.24. The lowest BCUT2D eigenvalue weighted by molar-refractivity contribution is -0.164. The van der Waals surface area contributed by atoms with Crippen molar-refractivity contribution in [3.05, 3.63) is 63.8 Å². The van der Waals surface area contributed by atoms with Gasteiger partial charge in [-0.25, -0.2) is 9.59 Å². The van der Waals surface area contributed by atoms with Gasteiger partial charge in [-0.15, -0.1) is 0 Å². The van der Waals surface area contributed by atoms with Crippen LogP contribution in [0.15, 0.2) is 52.0 Å². The molecular formula is C32H43NO6S. The minimum absolute atomic E-state index is 0.0205. The van der Waals surface area contributed by atoms with E-state index in [1.165, 1.54) is 11.8 Å². The van der Waals surface area contributed by atoms with E-state index in [4.69, 9.17) is 9.47 Å². The van der Waals surface area contributed by atoms with Crippen molar-refractivity contribution in [2.24, 2.45) is 5.92 Å². The fourth-order valence-corrected chi connectivity index (χ4v) is 5.87. The molecule has 40 heavy (non-hydrogen) atoms. The van der Waals surface area contributed by atoms with E-state index in [1.54, 1.807) is 12.1 Å². The molecular weight excluding hydrogens is 526 g/mol. The number of rotatable bonds is 7. The summed E-state index contributed by atoms with van der Waals surface area (Å²) < 4.78 is 11.5. The fourth-order valence-electron chi connectivity index (χ4n) is 4.63. The number of nitrogens with one attached hydrogen (secondary N) is 1. The second kappa shape index (κ2) is 11.8. The number of cyclic esters (lactones) is 1. The Morgan fingerprint density at radius 1 is 1.10 bits per heavy atom. The van der Waals surface area contributed by atoms with Gasteiger partial charge in [-0.05, 0) is 92.8 Å². The van der Waals surface area contributed by atoms with Crippen LogP contribution >= 0.6 is 11.8 Å². The van der Waals surface area contributed by atoms with Crippen LogP contribution in [-0.2, 0) is 26.1 Å². The molecule has 1 heterocycles. The molecule has 3 N–H and O–H groups in total. The van der Waals surface area contributed by atoms with Crippen LogP contribution in [0.25, 0.3) is 0 Å². The smallest absolute Gasteiger partial charge is 0.412 e. The summed E-state index contributed by atoms with van der Waals surface area (Å²) >= 11 is 1.20. The molecule has 1 atom stereocenters. The molecule has 0 spiro atoms. The van der Waals surface area contributed by atoms with Gasteiger partial charge in [0.1, 0.15) is 27.6 Å². The molecule has 0 bridgehead atoms. The largest absolute Gasteiger partial charge is 0.511 e. The molecule has 2 aromatic rings. The number of hydrogen-bond donors (Lipinski definition) is 3. The second-order valence-electron chi connectivity index (χ2n) is 12.9. The topological polar surface area (TPSA) is 105 Å². The number of thioether (sulfide) groups is 1. The lowest BCUT2D eigenvalue weighted by Gasteiger charge is -2.40. The summed E-state index contributed by atoms with van der Waals surface area (Å²) in [5.41, 5.74) is 1.57. The van der Waals surface area contributed by atoms with Crippen LogP contribution in [0.2, 0.25) is 0 Å². The summed E-state index contributed by atoms with van der Waals surface area (Å²) in [5, 5.41) is 23.6. The maximum atomic E-state index is 13.4. The van der Waals surface area contributed by atoms with Crippen LogP contribution in [0.1, 0.15) is 84.9 Å². The highest BCUT2D eigenvalue weighted by atomic mass is 32.2. The molecule has 0 aromatic heterocycles. The van der Waals surface area contributed by atoms with Gasteiger partial charge >= 0.3 is 12.1 Å². The highest BCUT2D eigenvalue weighted by Crippen LogP contribution is 2.46. The molecule has 8 heteroatoms. The van der Waals surface area contributed by atoms with Crippen LogP contribution in [0.3, 0.4) is 0 Å². The maximum Gasteiger partial charge on any atom is 0.412 e. The molecule has 1 aliphatic rings. The number of amides is 1. The summed E-state index contributed by atoms with van der Waals surface area (Å²) in [6.07, 6.45) is 0.866. The van der Waals surface area contributed by atoms with E-state index in [1.807, 2.05) is 65.8 Å². The molecule has 0 fully saturated rings. The monoisotopic (exact) mass is 569 g/mol. The maximum absolute atomic E-state index is 13.4. The van der Waals surface area contributed by atoms with Crippen molar-refractivity contribution in [1.82, 2.24) is 0 Å². The molecule has 0 aliphatic carbocycles. The first-order valence-electron chi connectivity index (χ1n) is 13.7. The molecule has 0 saturated carbocycles. The zero-order valence-corrected chi connectivity index (χ0v) is 25.9. The number of carbonyl (C=O) groups is 2. The first-order valence-corrected chi connectivity index (χ1v) is 14.5. The summed E-state index contributed by atoms with van der Waals surface area (Å²) in [6, 6.07) is 10.8. The predicted molar refractivity (Wildman–Crippen MR) is 160 cm³/mol. The molecule has 7 nitrogen and oxygen atoms in total. The van der Waals surface area contributed by atoms with Gasteiger partial charge in [0.25, 0.3) is 0 Å². The Morgan fingerprint density at radius 2 is 1.73 bits per heavy atom. The SMILES string of the molecule is Cc1cc(SC2=C(O)C[C@](CCc3ccc(O)cc3)(C(C)C)OC2=O)c(C(C)(C)C)cc1NC(=O)OC(C)(C)C. The Bertz CT molecular complexity index is 1280. The number of carbonyl (C=O) groups excluding carboxylic acids is 2. The normalized spacial score (nSPS) is 18.1. The van der Waals surface area contributed by atoms with Gasteiger partial charge < -0.3 is 19.7 Å². The predicted octanol–water partition coefficient (Wildman–Crippen LogP) is 8.18. The number of benzene rings is 2. The lowest BCUT2D eigenvalue weighted by Crippen LogP contribution is -2.44. The quantitative estimate of drug-likeness (QED) is 0.289. The Balaban J connectivity index is 1.90. The number of anilines is 1. The zero-order chi connectivity index (χ0) is 30.0. The third-order valence-corrected chi connectivity index (χ3v) is 8.18. The van der Waals surface area contributed by atoms with Gasteiger partial charge in [0.05, 0.1) is 0 Å². The van der Waals surface area contributed by atoms with Crippen molar-refractivity contribution in [3.8, 4) is 5.75 Å². The average molecular weight is 570 g/mol. The third-order valence-electron chi connectivity index (χ3n) is 7.02. The Hall–Kier alpha value is -3.13. The standard InChI is InChI=1S/C32H43NO6S/c1-19(2)32(15-14-21-10-12-22(34)13-11-21)18-25(35)27(28(36)38-32)40-26-16-20(3)24(17-23(26)30(4,5)6)33-29(37)39-31(7,8)9/h10-13,16-17,19,34-35H,14-15,18H2,1-9H3,(H,33,37)/t32-/m1/s1. The summed E-state index contributed by atoms with van der Waals surface area (Å²) in [7, 11) is 0. The zero-order valence-electron chi connectivity index (χ0n) is 25.1. The van der Waals surface area contributed by atoms with E-state index in [9.17, 15) is 19.8 Å². The highest BCUT2D eigenvalue weighted by molar-refractivity contribution is 8.04. The van der Waals surface area contributed by atoms with E-state index >= 15 is 0 Å². The fraction of sp³-hybridized carbons (Fsp3) is 0.500. The molecule has 0 unspecified atom stereocenters. The van der Waals surface area contributed by atoms with Crippen molar-refractivity contribution >= 4 is 29.5 Å². The summed E-state index contributed by atoms with van der Waals surface area (Å²) in [5.74, 6) is -0.337. The molecule has 1 aliphatic heterocycles. The lowest BCUT2D eigenvalue weighted by atomic mass is 9.80. The van der Waals surface area contributed by atoms with Crippen molar-refractivity contribution in [1.29, 1.82) is 0 Å². The van der Waals surface area contributed by atoms with Crippen molar-refractivity contribution in [2.75, 3.05) is 5.32 Å². The number of ether oxygens (including phenoxy) is 2. The number of aryl methyl sites for hydroxylation is 2. The van der Waals surface area contributed by atoms with E-state index in [2.05, 4.69) is 26.1 Å². The van der Waals surface area contributed by atoms with Gasteiger partial charge in [-0.2, -0.15) is 0 Å². The minimum atomic E-state index is -0.840. The Morgan fingerprint density at radius 3 is 2.25 bits per heavy atom. The van der Waals surface area contributed by atoms with E-state index in [0.29, 0.717) is 18.5 Å². The van der Waals surface area contributed by atoms with Gasteiger partial charge in [-0.3, -0.25) is 5.32 Å². The molecule has 0 saturated heterocycles. The average Bonchev–Trinajstić information content (AvgIpc) is 2.80. The van der Waals surface area contributed by atoms with Crippen LogP contribution in [-0.4, -0.2) is 33.5 Å². The highest BCUT2D eigenvalue weighted by Gasteiger charge is 2.44. The number of esters is 1. The first-order chi connectivity index (χ1) is 18.4. The third kappa shape index (κ3) is 7.74. The number of phenolic OH excluding ortho intramolecular Hbond substituents is 1. The molecule has 1 amide bonds. The van der Waals surface area contributed by atoms with Crippen molar-refractivity contribution in [3.63, 3.8) is 0 Å². The summed E-state index contributed by atoms with van der Waals surface area (Å²) in [6.45, 7) is 17.5. The minimum Gasteiger partial charge on any atom is -0.511 e. The number of aliphatic hydroxyl groups excluding tert-OH is 1. The molecule has 3 rings (SSSR count). The number of aromatic hydroxyl groups is 1. The van der Waals surface area contributed by atoms with Gasteiger partial charge in [0.2, 0.25) is 0 Å². The second-order valence-corrected chi connectivity index (χ2v) is 13.9. The molecule has 2 aromatic carbocycles. The van der Waals surface area contributed by atoms with E-state index in [-0.39, 0.29) is 34.2 Å². The number of phenols is 1. The number of aliphatic hydroxyl groups is 1. The molecule has 0 radical (unpaired) electrons.